The van der Waals surface area contributed by atoms with Gasteiger partial charge in [-0.1, -0.05) is 42.5 Å². The van der Waals surface area contributed by atoms with Gasteiger partial charge in [-0.05, 0) is 18.9 Å². The van der Waals surface area contributed by atoms with Gasteiger partial charge in [-0.3, -0.25) is 4.79 Å². The van der Waals surface area contributed by atoms with Crippen LogP contribution in [-0.4, -0.2) is 37.5 Å². The molecule has 0 spiro atoms. The Morgan fingerprint density at radius 3 is 2.59 bits per heavy atom. The van der Waals surface area contributed by atoms with Crippen molar-refractivity contribution in [2.24, 2.45) is 0 Å². The van der Waals surface area contributed by atoms with Gasteiger partial charge in [0.1, 0.15) is 5.54 Å². The van der Waals surface area contributed by atoms with E-state index in [1.807, 2.05) is 30.3 Å². The molecule has 1 atom stereocenters. The minimum absolute atomic E-state index is 0.0943. The Kier molecular flexibility index (Phi) is 4.55. The second kappa shape index (κ2) is 6.38. The molecule has 1 unspecified atom stereocenters. The van der Waals surface area contributed by atoms with E-state index < -0.39 is 17.4 Å². The number of nitrogens with one attached hydrogen (secondary N) is 1. The molecule has 0 fully saturated rings. The van der Waals surface area contributed by atoms with Crippen LogP contribution in [0.1, 0.15) is 36.3 Å². The fourth-order valence-corrected chi connectivity index (χ4v) is 1.86. The maximum Gasteiger partial charge on any atom is 0.329 e. The number of carbonyl (C=O) groups excluding carboxylic acids is 1. The standard InChI is InChI=1S/C15H18N4O3/c1-3-15(2,14(21)22)16-13(20)12-10-19(18-17-12)9-11-7-5-4-6-8-11/h4-8,10H,3,9H2,1-2H3,(H,16,20)(H,21,22). The van der Waals surface area contributed by atoms with Crippen molar-refractivity contribution in [1.29, 1.82) is 0 Å². The number of carboxylic acids is 1. The van der Waals surface area contributed by atoms with E-state index in [2.05, 4.69) is 15.6 Å². The lowest BCUT2D eigenvalue weighted by atomic mass is 9.99. The Morgan fingerprint density at radius 1 is 1.32 bits per heavy atom. The van der Waals surface area contributed by atoms with E-state index in [0.717, 1.165) is 5.56 Å². The van der Waals surface area contributed by atoms with Crippen molar-refractivity contribution >= 4 is 11.9 Å². The molecular weight excluding hydrogens is 284 g/mol. The Morgan fingerprint density at radius 2 is 2.00 bits per heavy atom. The monoisotopic (exact) mass is 302 g/mol. The molecule has 1 aromatic carbocycles. The van der Waals surface area contributed by atoms with Crippen LogP contribution < -0.4 is 5.32 Å². The molecule has 22 heavy (non-hydrogen) atoms. The molecule has 1 heterocycles. The number of aromatic nitrogens is 3. The molecule has 0 bridgehead atoms. The van der Waals surface area contributed by atoms with E-state index in [1.54, 1.807) is 6.92 Å². The maximum atomic E-state index is 12.1. The summed E-state index contributed by atoms with van der Waals surface area (Å²) in [5.41, 5.74) is -0.194. The van der Waals surface area contributed by atoms with E-state index in [4.69, 9.17) is 0 Å². The number of carboxylic acid groups (broad SMARTS) is 1. The summed E-state index contributed by atoms with van der Waals surface area (Å²) in [7, 11) is 0. The van der Waals surface area contributed by atoms with Gasteiger partial charge in [0.2, 0.25) is 0 Å². The Balaban J connectivity index is 2.08. The third-order valence-corrected chi connectivity index (χ3v) is 3.53. The lowest BCUT2D eigenvalue weighted by Crippen LogP contribution is -2.51. The minimum Gasteiger partial charge on any atom is -0.480 e. The minimum atomic E-state index is -1.32. The summed E-state index contributed by atoms with van der Waals surface area (Å²) in [6, 6.07) is 9.64. The Labute approximate surface area is 128 Å². The van der Waals surface area contributed by atoms with E-state index >= 15 is 0 Å². The van der Waals surface area contributed by atoms with Gasteiger partial charge >= 0.3 is 5.97 Å². The van der Waals surface area contributed by atoms with Crippen LogP contribution in [0.5, 0.6) is 0 Å². The molecule has 2 rings (SSSR count). The van der Waals surface area contributed by atoms with Crippen molar-refractivity contribution in [2.45, 2.75) is 32.4 Å². The maximum absolute atomic E-state index is 12.1. The lowest BCUT2D eigenvalue weighted by molar-refractivity contribution is -0.143. The molecule has 2 N–H and O–H groups in total. The van der Waals surface area contributed by atoms with E-state index in [9.17, 15) is 14.7 Å². The highest BCUT2D eigenvalue weighted by Crippen LogP contribution is 2.10. The van der Waals surface area contributed by atoms with Crippen LogP contribution in [0.25, 0.3) is 0 Å². The Bertz CT molecular complexity index is 668. The number of aliphatic carboxylic acids is 1. The van der Waals surface area contributed by atoms with Crippen LogP contribution in [0.2, 0.25) is 0 Å². The van der Waals surface area contributed by atoms with Gasteiger partial charge in [0.15, 0.2) is 5.69 Å². The lowest BCUT2D eigenvalue weighted by Gasteiger charge is -2.23. The van der Waals surface area contributed by atoms with Crippen molar-refractivity contribution in [3.63, 3.8) is 0 Å². The predicted octanol–water partition coefficient (Wildman–Crippen LogP) is 1.31. The van der Waals surface area contributed by atoms with Crippen LogP contribution in [0.4, 0.5) is 0 Å². The van der Waals surface area contributed by atoms with Crippen LogP contribution in [-0.2, 0) is 11.3 Å². The second-order valence-corrected chi connectivity index (χ2v) is 5.23. The first kappa shape index (κ1) is 15.7. The van der Waals surface area contributed by atoms with Crippen LogP contribution in [0, 0.1) is 0 Å². The molecule has 7 heteroatoms. The van der Waals surface area contributed by atoms with Crippen molar-refractivity contribution in [1.82, 2.24) is 20.3 Å². The molecule has 7 nitrogen and oxygen atoms in total. The number of rotatable bonds is 6. The summed E-state index contributed by atoms with van der Waals surface area (Å²) in [6.07, 6.45) is 1.77. The second-order valence-electron chi connectivity index (χ2n) is 5.23. The zero-order valence-corrected chi connectivity index (χ0v) is 12.5. The van der Waals surface area contributed by atoms with Crippen molar-refractivity contribution in [3.8, 4) is 0 Å². The third kappa shape index (κ3) is 3.49. The smallest absolute Gasteiger partial charge is 0.329 e. The summed E-state index contributed by atoms with van der Waals surface area (Å²) in [5, 5.41) is 19.3. The van der Waals surface area contributed by atoms with Crippen molar-refractivity contribution in [2.75, 3.05) is 0 Å². The summed E-state index contributed by atoms with van der Waals surface area (Å²) in [4.78, 5) is 23.3. The molecule has 0 aliphatic rings. The summed E-state index contributed by atoms with van der Waals surface area (Å²) >= 11 is 0. The quantitative estimate of drug-likeness (QED) is 0.838. The van der Waals surface area contributed by atoms with Crippen LogP contribution >= 0.6 is 0 Å². The average molecular weight is 302 g/mol. The van der Waals surface area contributed by atoms with Crippen LogP contribution in [0.3, 0.4) is 0 Å². The molecule has 0 radical (unpaired) electrons. The zero-order valence-electron chi connectivity index (χ0n) is 12.5. The number of carbonyl (C=O) groups is 2. The van der Waals surface area contributed by atoms with Gasteiger partial charge in [0.05, 0.1) is 12.7 Å². The largest absolute Gasteiger partial charge is 0.480 e. The van der Waals surface area contributed by atoms with Crippen LogP contribution in [0.15, 0.2) is 36.5 Å². The molecule has 0 aliphatic heterocycles. The highest BCUT2D eigenvalue weighted by atomic mass is 16.4. The topological polar surface area (TPSA) is 97.1 Å². The molecule has 2 aromatic rings. The van der Waals surface area contributed by atoms with Gasteiger partial charge in [-0.25, -0.2) is 9.48 Å². The van der Waals surface area contributed by atoms with E-state index in [0.29, 0.717) is 6.54 Å². The van der Waals surface area contributed by atoms with E-state index in [-0.39, 0.29) is 12.1 Å². The molecule has 1 aromatic heterocycles. The van der Waals surface area contributed by atoms with Gasteiger partial charge in [0, 0.05) is 0 Å². The summed E-state index contributed by atoms with van der Waals surface area (Å²) in [5.74, 6) is -1.63. The molecule has 0 aliphatic carbocycles. The fraction of sp³-hybridized carbons (Fsp3) is 0.333. The van der Waals surface area contributed by atoms with Gasteiger partial charge in [0.25, 0.3) is 5.91 Å². The molecular formula is C15H18N4O3. The summed E-state index contributed by atoms with van der Waals surface area (Å²) < 4.78 is 1.54. The van der Waals surface area contributed by atoms with Crippen molar-refractivity contribution < 1.29 is 14.7 Å². The first-order chi connectivity index (χ1) is 10.4. The number of hydrogen-bond acceptors (Lipinski definition) is 4. The highest BCUT2D eigenvalue weighted by molar-refractivity contribution is 5.95. The molecule has 1 amide bonds. The predicted molar refractivity (Wildman–Crippen MR) is 79.4 cm³/mol. The fourth-order valence-electron chi connectivity index (χ4n) is 1.86. The first-order valence-corrected chi connectivity index (χ1v) is 6.94. The van der Waals surface area contributed by atoms with E-state index in [1.165, 1.54) is 17.8 Å². The third-order valence-electron chi connectivity index (χ3n) is 3.53. The number of hydrogen-bond donors (Lipinski definition) is 2. The van der Waals surface area contributed by atoms with Gasteiger partial charge in [-0.2, -0.15) is 0 Å². The molecule has 0 saturated heterocycles. The number of nitrogens with zero attached hydrogens (tertiary/aromatic N) is 3. The molecule has 0 saturated carbocycles. The SMILES string of the molecule is CCC(C)(NC(=O)c1cn(Cc2ccccc2)nn1)C(=O)O. The number of benzene rings is 1. The Hall–Kier alpha value is -2.70. The van der Waals surface area contributed by atoms with Gasteiger partial charge < -0.3 is 10.4 Å². The average Bonchev–Trinajstić information content (AvgIpc) is 2.96. The highest BCUT2D eigenvalue weighted by Gasteiger charge is 2.33. The normalized spacial score (nSPS) is 13.4. The van der Waals surface area contributed by atoms with Crippen molar-refractivity contribution in [3.05, 3.63) is 47.8 Å². The molecule has 116 valence electrons. The zero-order chi connectivity index (χ0) is 16.2. The first-order valence-electron chi connectivity index (χ1n) is 6.94. The summed E-state index contributed by atoms with van der Waals surface area (Å²) in [6.45, 7) is 3.65. The van der Waals surface area contributed by atoms with Gasteiger partial charge in [-0.15, -0.1) is 5.10 Å². The number of amides is 1.